The van der Waals surface area contributed by atoms with Crippen LogP contribution in [0.2, 0.25) is 0 Å². The number of hydrogen-bond donors (Lipinski definition) is 3. The number of aliphatic hydroxyl groups excluding tert-OH is 3. The van der Waals surface area contributed by atoms with Crippen LogP contribution in [0.4, 0.5) is 0 Å². The minimum atomic E-state index is -1.23. The van der Waals surface area contributed by atoms with Crippen LogP contribution in [-0.2, 0) is 4.74 Å². The fraction of sp³-hybridized carbons (Fsp3) is 1.00. The van der Waals surface area contributed by atoms with Crippen molar-refractivity contribution in [2.45, 2.75) is 44.4 Å². The molecule has 0 aromatic heterocycles. The fourth-order valence-corrected chi connectivity index (χ4v) is 1.19. The molecule has 0 bridgehead atoms. The zero-order valence-corrected chi connectivity index (χ0v) is 6.47. The Labute approximate surface area is 65.4 Å². The molecule has 11 heavy (non-hydrogen) atoms. The highest BCUT2D eigenvalue weighted by Crippen LogP contribution is 2.20. The third-order valence-corrected chi connectivity index (χ3v) is 1.98. The van der Waals surface area contributed by atoms with E-state index in [-0.39, 0.29) is 6.10 Å². The van der Waals surface area contributed by atoms with Crippen LogP contribution in [0.3, 0.4) is 0 Å². The molecule has 0 saturated carbocycles. The summed E-state index contributed by atoms with van der Waals surface area (Å²) in [6, 6.07) is 0. The average Bonchev–Trinajstić information content (AvgIpc) is 1.99. The van der Waals surface area contributed by atoms with E-state index in [9.17, 15) is 0 Å². The first-order chi connectivity index (χ1) is 5.15. The summed E-state index contributed by atoms with van der Waals surface area (Å²) in [5.41, 5.74) is 0. The predicted octanol–water partition coefficient (Wildman–Crippen LogP) is -0.775. The van der Waals surface area contributed by atoms with Gasteiger partial charge in [-0.3, -0.25) is 0 Å². The van der Waals surface area contributed by atoms with Crippen molar-refractivity contribution in [3.05, 3.63) is 0 Å². The largest absolute Gasteiger partial charge is 0.390 e. The number of hydrogen-bond acceptors (Lipinski definition) is 4. The number of ether oxygens (including phenoxy) is 1. The van der Waals surface area contributed by atoms with Crippen LogP contribution in [0.1, 0.15) is 19.8 Å². The van der Waals surface area contributed by atoms with Crippen molar-refractivity contribution < 1.29 is 20.1 Å². The Bertz CT molecular complexity index is 116. The van der Waals surface area contributed by atoms with Crippen molar-refractivity contribution in [2.24, 2.45) is 0 Å². The SMILES string of the molecule is CCC1CC(O)C(O)C(O)O1. The molecule has 0 amide bonds. The van der Waals surface area contributed by atoms with Gasteiger partial charge in [-0.25, -0.2) is 0 Å². The highest BCUT2D eigenvalue weighted by molar-refractivity contribution is 4.79. The van der Waals surface area contributed by atoms with Gasteiger partial charge in [0.05, 0.1) is 12.2 Å². The van der Waals surface area contributed by atoms with E-state index in [2.05, 4.69) is 0 Å². The number of aliphatic hydroxyl groups is 3. The summed E-state index contributed by atoms with van der Waals surface area (Å²) in [6.45, 7) is 1.90. The van der Waals surface area contributed by atoms with Gasteiger partial charge in [0.25, 0.3) is 0 Å². The topological polar surface area (TPSA) is 69.9 Å². The van der Waals surface area contributed by atoms with E-state index >= 15 is 0 Å². The second-order valence-electron chi connectivity index (χ2n) is 2.85. The molecule has 0 aromatic rings. The first kappa shape index (κ1) is 8.93. The lowest BCUT2D eigenvalue weighted by atomic mass is 10.0. The van der Waals surface area contributed by atoms with Crippen molar-refractivity contribution in [1.82, 2.24) is 0 Å². The highest BCUT2D eigenvalue weighted by Gasteiger charge is 2.34. The van der Waals surface area contributed by atoms with Crippen LogP contribution in [0.25, 0.3) is 0 Å². The van der Waals surface area contributed by atoms with Crippen LogP contribution in [0.15, 0.2) is 0 Å². The molecule has 0 aromatic carbocycles. The van der Waals surface area contributed by atoms with E-state index in [1.165, 1.54) is 0 Å². The fourth-order valence-electron chi connectivity index (χ4n) is 1.19. The normalized spacial score (nSPS) is 45.8. The predicted molar refractivity (Wildman–Crippen MR) is 37.8 cm³/mol. The van der Waals surface area contributed by atoms with Gasteiger partial charge in [0.15, 0.2) is 6.29 Å². The molecule has 0 spiro atoms. The molecule has 1 aliphatic heterocycles. The van der Waals surface area contributed by atoms with Crippen LogP contribution in [-0.4, -0.2) is 39.9 Å². The Hall–Kier alpha value is -0.160. The van der Waals surface area contributed by atoms with Crippen molar-refractivity contribution >= 4 is 0 Å². The van der Waals surface area contributed by atoms with Crippen LogP contribution >= 0.6 is 0 Å². The minimum Gasteiger partial charge on any atom is -0.390 e. The molecule has 1 rings (SSSR count). The molecular weight excluding hydrogens is 148 g/mol. The molecule has 1 saturated heterocycles. The molecule has 0 radical (unpaired) electrons. The molecule has 4 atom stereocenters. The molecule has 0 aliphatic carbocycles. The standard InChI is InChI=1S/C7H14O4/c1-2-4-3-5(8)6(9)7(10)11-4/h4-10H,2-3H2,1H3. The first-order valence-electron chi connectivity index (χ1n) is 3.84. The molecule has 4 heteroatoms. The van der Waals surface area contributed by atoms with Gasteiger partial charge in [0.2, 0.25) is 0 Å². The summed E-state index contributed by atoms with van der Waals surface area (Å²) in [5.74, 6) is 0. The van der Waals surface area contributed by atoms with E-state index < -0.39 is 18.5 Å². The van der Waals surface area contributed by atoms with E-state index in [0.717, 1.165) is 6.42 Å². The second kappa shape index (κ2) is 3.49. The maximum Gasteiger partial charge on any atom is 0.183 e. The Morgan fingerprint density at radius 2 is 2.00 bits per heavy atom. The minimum absolute atomic E-state index is 0.136. The molecule has 3 N–H and O–H groups in total. The lowest BCUT2D eigenvalue weighted by Gasteiger charge is -2.33. The summed E-state index contributed by atoms with van der Waals surface area (Å²) >= 11 is 0. The van der Waals surface area contributed by atoms with Crippen molar-refractivity contribution in [2.75, 3.05) is 0 Å². The van der Waals surface area contributed by atoms with Crippen LogP contribution in [0.5, 0.6) is 0 Å². The van der Waals surface area contributed by atoms with E-state index in [4.69, 9.17) is 20.1 Å². The van der Waals surface area contributed by atoms with Crippen molar-refractivity contribution in [1.29, 1.82) is 0 Å². The Kier molecular flexibility index (Phi) is 2.84. The molecule has 1 heterocycles. The van der Waals surface area contributed by atoms with Gasteiger partial charge in [-0.15, -0.1) is 0 Å². The smallest absolute Gasteiger partial charge is 0.183 e. The molecule has 1 aliphatic rings. The van der Waals surface area contributed by atoms with Gasteiger partial charge in [-0.2, -0.15) is 0 Å². The van der Waals surface area contributed by atoms with Crippen LogP contribution in [0, 0.1) is 0 Å². The van der Waals surface area contributed by atoms with Crippen LogP contribution < -0.4 is 0 Å². The Morgan fingerprint density at radius 1 is 1.36 bits per heavy atom. The van der Waals surface area contributed by atoms with Crippen molar-refractivity contribution in [3.8, 4) is 0 Å². The summed E-state index contributed by atoms with van der Waals surface area (Å²) < 4.78 is 4.96. The van der Waals surface area contributed by atoms with Gasteiger partial charge in [0.1, 0.15) is 6.10 Å². The molecule has 66 valence electrons. The number of rotatable bonds is 1. The van der Waals surface area contributed by atoms with Gasteiger partial charge in [0, 0.05) is 6.42 Å². The van der Waals surface area contributed by atoms with Gasteiger partial charge in [-0.1, -0.05) is 6.92 Å². The summed E-state index contributed by atoms with van der Waals surface area (Å²) in [4.78, 5) is 0. The first-order valence-corrected chi connectivity index (χ1v) is 3.84. The molecular formula is C7H14O4. The average molecular weight is 162 g/mol. The summed E-state index contributed by atoms with van der Waals surface area (Å²) in [6.07, 6.45) is -2.25. The molecule has 4 nitrogen and oxygen atoms in total. The third-order valence-electron chi connectivity index (χ3n) is 1.98. The van der Waals surface area contributed by atoms with Gasteiger partial charge >= 0.3 is 0 Å². The maximum absolute atomic E-state index is 9.16. The van der Waals surface area contributed by atoms with E-state index in [1.54, 1.807) is 0 Å². The second-order valence-corrected chi connectivity index (χ2v) is 2.85. The molecule has 1 fully saturated rings. The Balaban J connectivity index is 2.47. The maximum atomic E-state index is 9.16. The lowest BCUT2D eigenvalue weighted by molar-refractivity contribution is -0.246. The zero-order valence-electron chi connectivity index (χ0n) is 6.47. The lowest BCUT2D eigenvalue weighted by Crippen LogP contribution is -2.47. The van der Waals surface area contributed by atoms with Gasteiger partial charge in [-0.05, 0) is 6.42 Å². The Morgan fingerprint density at radius 3 is 2.45 bits per heavy atom. The van der Waals surface area contributed by atoms with E-state index in [1.807, 2.05) is 6.92 Å². The monoisotopic (exact) mass is 162 g/mol. The third kappa shape index (κ3) is 1.90. The quantitative estimate of drug-likeness (QED) is 0.473. The van der Waals surface area contributed by atoms with Crippen molar-refractivity contribution in [3.63, 3.8) is 0 Å². The highest BCUT2D eigenvalue weighted by atomic mass is 16.6. The van der Waals surface area contributed by atoms with Gasteiger partial charge < -0.3 is 20.1 Å². The summed E-state index contributed by atoms with van der Waals surface area (Å²) in [7, 11) is 0. The molecule has 4 unspecified atom stereocenters. The zero-order chi connectivity index (χ0) is 8.43. The van der Waals surface area contributed by atoms with E-state index in [0.29, 0.717) is 6.42 Å². The summed E-state index contributed by atoms with van der Waals surface area (Å²) in [5, 5.41) is 27.2.